The van der Waals surface area contributed by atoms with Gasteiger partial charge < -0.3 is 5.73 Å². The molecule has 2 nitrogen and oxygen atoms in total. The van der Waals surface area contributed by atoms with E-state index in [1.807, 2.05) is 0 Å². The molecule has 2 heteroatoms. The second kappa shape index (κ2) is 5.64. The summed E-state index contributed by atoms with van der Waals surface area (Å²) in [7, 11) is 0. The average molecular weight is 260 g/mol. The van der Waals surface area contributed by atoms with Crippen molar-refractivity contribution in [3.63, 3.8) is 0 Å². The third-order valence-electron chi connectivity index (χ3n) is 4.93. The van der Waals surface area contributed by atoms with Crippen LogP contribution in [0.3, 0.4) is 0 Å². The highest BCUT2D eigenvalue weighted by Crippen LogP contribution is 2.41. The van der Waals surface area contributed by atoms with Gasteiger partial charge in [0.1, 0.15) is 0 Å². The number of fused-ring (bicyclic) bond motifs is 1. The van der Waals surface area contributed by atoms with Crippen molar-refractivity contribution >= 4 is 0 Å². The number of hydrogen-bond acceptors (Lipinski definition) is 2. The van der Waals surface area contributed by atoms with Crippen molar-refractivity contribution in [3.8, 4) is 0 Å². The van der Waals surface area contributed by atoms with Crippen LogP contribution in [-0.2, 0) is 12.0 Å². The van der Waals surface area contributed by atoms with Crippen molar-refractivity contribution in [2.75, 3.05) is 13.1 Å². The van der Waals surface area contributed by atoms with Crippen molar-refractivity contribution in [2.24, 2.45) is 11.7 Å². The third-order valence-corrected chi connectivity index (χ3v) is 4.93. The first-order valence-electron chi connectivity index (χ1n) is 7.66. The van der Waals surface area contributed by atoms with Crippen LogP contribution >= 0.6 is 0 Å². The van der Waals surface area contributed by atoms with E-state index in [2.05, 4.69) is 56.9 Å². The minimum absolute atomic E-state index is 0.221. The predicted molar refractivity (Wildman–Crippen MR) is 82.2 cm³/mol. The van der Waals surface area contributed by atoms with Gasteiger partial charge in [0.25, 0.3) is 0 Å². The fourth-order valence-electron chi connectivity index (χ4n) is 3.72. The normalized spacial score (nSPS) is 26.8. The first-order chi connectivity index (χ1) is 9.05. The van der Waals surface area contributed by atoms with Crippen molar-refractivity contribution in [2.45, 2.75) is 52.1 Å². The van der Waals surface area contributed by atoms with Gasteiger partial charge in [0, 0.05) is 6.04 Å². The van der Waals surface area contributed by atoms with Crippen LogP contribution in [0.15, 0.2) is 24.3 Å². The standard InChI is InChI=1S/C17H28N2/c1-5-19(6-2)16-12-11-14-9-7-8-10-15(14)17(16,18)13(3)4/h7-10,13,16H,5-6,11-12,18H2,1-4H3. The lowest BCUT2D eigenvalue weighted by Gasteiger charge is -2.50. The summed E-state index contributed by atoms with van der Waals surface area (Å²) in [5, 5.41) is 0. The highest BCUT2D eigenvalue weighted by molar-refractivity contribution is 5.38. The fourth-order valence-corrected chi connectivity index (χ4v) is 3.72. The van der Waals surface area contributed by atoms with Crippen LogP contribution in [-0.4, -0.2) is 24.0 Å². The Morgan fingerprint density at radius 1 is 1.26 bits per heavy atom. The number of nitrogens with two attached hydrogens (primary N) is 1. The Kier molecular flexibility index (Phi) is 4.32. The molecule has 0 saturated carbocycles. The first kappa shape index (κ1) is 14.5. The van der Waals surface area contributed by atoms with Crippen molar-refractivity contribution < 1.29 is 0 Å². The van der Waals surface area contributed by atoms with Crippen molar-refractivity contribution in [1.82, 2.24) is 4.90 Å². The van der Waals surface area contributed by atoms with Crippen molar-refractivity contribution in [3.05, 3.63) is 35.4 Å². The minimum atomic E-state index is -0.221. The van der Waals surface area contributed by atoms with Gasteiger partial charge in [0.2, 0.25) is 0 Å². The maximum atomic E-state index is 6.97. The molecule has 1 aliphatic carbocycles. The molecule has 19 heavy (non-hydrogen) atoms. The second-order valence-corrected chi connectivity index (χ2v) is 6.02. The zero-order chi connectivity index (χ0) is 14.0. The first-order valence-corrected chi connectivity index (χ1v) is 7.66. The molecule has 1 aromatic carbocycles. The van der Waals surface area contributed by atoms with E-state index in [1.54, 1.807) is 0 Å². The van der Waals surface area contributed by atoms with Gasteiger partial charge in [-0.25, -0.2) is 0 Å². The lowest BCUT2D eigenvalue weighted by atomic mass is 9.67. The van der Waals surface area contributed by atoms with Crippen LogP contribution in [0, 0.1) is 5.92 Å². The van der Waals surface area contributed by atoms with Gasteiger partial charge in [0.05, 0.1) is 5.54 Å². The van der Waals surface area contributed by atoms with Crippen LogP contribution < -0.4 is 5.73 Å². The Bertz CT molecular complexity index is 423. The number of aryl methyl sites for hydroxylation is 1. The van der Waals surface area contributed by atoms with Crippen LogP contribution in [0.1, 0.15) is 45.2 Å². The zero-order valence-corrected chi connectivity index (χ0v) is 12.8. The molecule has 2 rings (SSSR count). The summed E-state index contributed by atoms with van der Waals surface area (Å²) in [6.07, 6.45) is 2.33. The second-order valence-electron chi connectivity index (χ2n) is 6.02. The van der Waals surface area contributed by atoms with Crippen LogP contribution in [0.2, 0.25) is 0 Å². The van der Waals surface area contributed by atoms with E-state index in [1.165, 1.54) is 17.5 Å². The molecule has 0 saturated heterocycles. The maximum absolute atomic E-state index is 6.97. The van der Waals surface area contributed by atoms with Gasteiger partial charge in [-0.2, -0.15) is 0 Å². The number of hydrogen-bond donors (Lipinski definition) is 1. The summed E-state index contributed by atoms with van der Waals surface area (Å²) in [5.41, 5.74) is 9.56. The van der Waals surface area contributed by atoms with E-state index in [0.717, 1.165) is 19.5 Å². The van der Waals surface area contributed by atoms with Gasteiger partial charge in [0.15, 0.2) is 0 Å². The number of rotatable bonds is 4. The molecular weight excluding hydrogens is 232 g/mol. The molecule has 106 valence electrons. The summed E-state index contributed by atoms with van der Waals surface area (Å²) in [6, 6.07) is 9.21. The molecule has 0 aliphatic heterocycles. The fraction of sp³-hybridized carbons (Fsp3) is 0.647. The molecule has 0 amide bonds. The van der Waals surface area contributed by atoms with E-state index in [4.69, 9.17) is 5.73 Å². The van der Waals surface area contributed by atoms with Crippen LogP contribution in [0.4, 0.5) is 0 Å². The Labute approximate surface area is 118 Å². The lowest BCUT2D eigenvalue weighted by molar-refractivity contribution is 0.0803. The molecule has 0 bridgehead atoms. The van der Waals surface area contributed by atoms with E-state index < -0.39 is 0 Å². The highest BCUT2D eigenvalue weighted by Gasteiger charge is 2.45. The van der Waals surface area contributed by atoms with Gasteiger partial charge >= 0.3 is 0 Å². The Morgan fingerprint density at radius 2 is 1.89 bits per heavy atom. The molecule has 1 aromatic rings. The minimum Gasteiger partial charge on any atom is -0.320 e. The molecule has 0 heterocycles. The molecule has 0 fully saturated rings. The number of benzene rings is 1. The van der Waals surface area contributed by atoms with Gasteiger partial charge in [-0.15, -0.1) is 0 Å². The highest BCUT2D eigenvalue weighted by atomic mass is 15.2. The van der Waals surface area contributed by atoms with Crippen LogP contribution in [0.5, 0.6) is 0 Å². The summed E-state index contributed by atoms with van der Waals surface area (Å²) >= 11 is 0. The molecule has 0 aromatic heterocycles. The van der Waals surface area contributed by atoms with E-state index in [-0.39, 0.29) is 5.54 Å². The molecule has 2 unspecified atom stereocenters. The summed E-state index contributed by atoms with van der Waals surface area (Å²) < 4.78 is 0. The smallest absolute Gasteiger partial charge is 0.0593 e. The Morgan fingerprint density at radius 3 is 2.47 bits per heavy atom. The van der Waals surface area contributed by atoms with E-state index in [0.29, 0.717) is 12.0 Å². The molecular formula is C17H28N2. The maximum Gasteiger partial charge on any atom is 0.0593 e. The number of likely N-dealkylation sites (N-methyl/N-ethyl adjacent to an activating group) is 1. The lowest BCUT2D eigenvalue weighted by Crippen LogP contribution is -2.61. The summed E-state index contributed by atoms with van der Waals surface area (Å²) in [4.78, 5) is 2.54. The van der Waals surface area contributed by atoms with Gasteiger partial charge in [-0.05, 0) is 43.0 Å². The molecule has 0 spiro atoms. The third kappa shape index (κ3) is 2.32. The topological polar surface area (TPSA) is 29.3 Å². The Hall–Kier alpha value is -0.860. The molecule has 2 atom stereocenters. The van der Waals surface area contributed by atoms with Crippen molar-refractivity contribution in [1.29, 1.82) is 0 Å². The predicted octanol–water partition coefficient (Wildman–Crippen LogP) is 3.15. The zero-order valence-electron chi connectivity index (χ0n) is 12.8. The molecule has 2 N–H and O–H groups in total. The van der Waals surface area contributed by atoms with Crippen LogP contribution in [0.25, 0.3) is 0 Å². The summed E-state index contributed by atoms with van der Waals surface area (Å²) in [6.45, 7) is 11.2. The quantitative estimate of drug-likeness (QED) is 0.901. The Balaban J connectivity index is 2.49. The summed E-state index contributed by atoms with van der Waals surface area (Å²) in [5.74, 6) is 0.444. The monoisotopic (exact) mass is 260 g/mol. The largest absolute Gasteiger partial charge is 0.320 e. The molecule has 0 radical (unpaired) electrons. The SMILES string of the molecule is CCN(CC)C1CCc2ccccc2C1(N)C(C)C. The number of nitrogens with zero attached hydrogens (tertiary/aromatic N) is 1. The van der Waals surface area contributed by atoms with E-state index >= 15 is 0 Å². The average Bonchev–Trinajstić information content (AvgIpc) is 2.42. The van der Waals surface area contributed by atoms with Gasteiger partial charge in [-0.1, -0.05) is 52.0 Å². The van der Waals surface area contributed by atoms with E-state index in [9.17, 15) is 0 Å². The molecule has 1 aliphatic rings. The van der Waals surface area contributed by atoms with Gasteiger partial charge in [-0.3, -0.25) is 4.90 Å².